The molecule has 10 heteroatoms. The molecule has 0 unspecified atom stereocenters. The molecule has 1 aliphatic heterocycles. The van der Waals surface area contributed by atoms with Crippen LogP contribution in [0.3, 0.4) is 0 Å². The van der Waals surface area contributed by atoms with Gasteiger partial charge >= 0.3 is 0 Å². The maximum Gasteiger partial charge on any atom is 0.185 e. The largest absolute Gasteiger partial charge is 0.348 e. The van der Waals surface area contributed by atoms with Crippen LogP contribution in [-0.4, -0.2) is 31.7 Å². The van der Waals surface area contributed by atoms with Crippen molar-refractivity contribution in [3.63, 3.8) is 0 Å². The lowest BCUT2D eigenvalue weighted by Gasteiger charge is -2.31. The summed E-state index contributed by atoms with van der Waals surface area (Å²) < 4.78 is 52.8. The summed E-state index contributed by atoms with van der Waals surface area (Å²) in [5.41, 5.74) is 1.60. The monoisotopic (exact) mass is 502 g/mol. The molecule has 1 saturated heterocycles. The van der Waals surface area contributed by atoms with Crippen molar-refractivity contribution in [1.29, 1.82) is 0 Å². The van der Waals surface area contributed by atoms with Gasteiger partial charge in [-0.3, -0.25) is 0 Å². The first-order chi connectivity index (χ1) is 14.7. The standard InChI is InChI=1S/C21H18Cl2F2N2O2S2/c22-17-3-1-13(10-20(17)25)9-14-12-30-21(26-14)27-7-5-15(6-8-27)31(28,29)16-2-4-19(24)18(23)11-16/h1-4,10-12,15H,5-9H2. The fourth-order valence-electron chi connectivity index (χ4n) is 3.59. The van der Waals surface area contributed by atoms with Crippen molar-refractivity contribution >= 4 is 49.5 Å². The highest BCUT2D eigenvalue weighted by molar-refractivity contribution is 7.92. The zero-order valence-electron chi connectivity index (χ0n) is 16.2. The molecule has 0 spiro atoms. The second-order valence-corrected chi connectivity index (χ2v) is 11.2. The Labute approximate surface area is 193 Å². The maximum absolute atomic E-state index is 13.6. The van der Waals surface area contributed by atoms with Crippen LogP contribution in [-0.2, 0) is 16.3 Å². The van der Waals surface area contributed by atoms with Crippen LogP contribution in [0.15, 0.2) is 46.7 Å². The number of hydrogen-bond acceptors (Lipinski definition) is 5. The topological polar surface area (TPSA) is 50.3 Å². The summed E-state index contributed by atoms with van der Waals surface area (Å²) in [4.78, 5) is 6.73. The normalized spacial score (nSPS) is 15.4. The summed E-state index contributed by atoms with van der Waals surface area (Å²) in [5, 5.41) is 2.07. The summed E-state index contributed by atoms with van der Waals surface area (Å²) in [5.74, 6) is -1.10. The highest BCUT2D eigenvalue weighted by Gasteiger charge is 2.32. The van der Waals surface area contributed by atoms with Crippen molar-refractivity contribution in [3.8, 4) is 0 Å². The molecule has 0 aliphatic carbocycles. The van der Waals surface area contributed by atoms with Crippen LogP contribution < -0.4 is 4.90 Å². The van der Waals surface area contributed by atoms with Gasteiger partial charge in [-0.25, -0.2) is 22.2 Å². The fraction of sp³-hybridized carbons (Fsp3) is 0.286. The van der Waals surface area contributed by atoms with Gasteiger partial charge in [0.1, 0.15) is 11.6 Å². The number of piperidine rings is 1. The first-order valence-electron chi connectivity index (χ1n) is 9.56. The summed E-state index contributed by atoms with van der Waals surface area (Å²) >= 11 is 13.0. The van der Waals surface area contributed by atoms with Crippen molar-refractivity contribution in [2.45, 2.75) is 29.4 Å². The van der Waals surface area contributed by atoms with Gasteiger partial charge in [0, 0.05) is 24.9 Å². The Morgan fingerprint density at radius 2 is 1.77 bits per heavy atom. The average Bonchev–Trinajstić information content (AvgIpc) is 3.21. The van der Waals surface area contributed by atoms with E-state index < -0.39 is 26.7 Å². The van der Waals surface area contributed by atoms with Crippen LogP contribution in [0, 0.1) is 11.6 Å². The number of halogens is 4. The van der Waals surface area contributed by atoms with Crippen molar-refractivity contribution in [1.82, 2.24) is 4.98 Å². The molecule has 31 heavy (non-hydrogen) atoms. The molecule has 0 saturated carbocycles. The van der Waals surface area contributed by atoms with E-state index in [0.29, 0.717) is 32.4 Å². The van der Waals surface area contributed by atoms with E-state index in [-0.39, 0.29) is 14.9 Å². The molecule has 1 aromatic heterocycles. The second-order valence-electron chi connectivity index (χ2n) is 7.35. The molecule has 164 valence electrons. The molecule has 2 heterocycles. The molecule has 4 nitrogen and oxygen atoms in total. The number of thiazole rings is 1. The molecular weight excluding hydrogens is 485 g/mol. The minimum atomic E-state index is -3.59. The first kappa shape index (κ1) is 22.5. The van der Waals surface area contributed by atoms with Crippen molar-refractivity contribution in [2.75, 3.05) is 18.0 Å². The van der Waals surface area contributed by atoms with Gasteiger partial charge in [0.2, 0.25) is 0 Å². The van der Waals surface area contributed by atoms with Gasteiger partial charge in [0.15, 0.2) is 15.0 Å². The number of hydrogen-bond donors (Lipinski definition) is 0. The smallest absolute Gasteiger partial charge is 0.185 e. The van der Waals surface area contributed by atoms with Crippen LogP contribution >= 0.6 is 34.5 Å². The van der Waals surface area contributed by atoms with E-state index in [4.69, 9.17) is 23.2 Å². The molecule has 0 atom stereocenters. The lowest BCUT2D eigenvalue weighted by atomic mass is 10.1. The summed E-state index contributed by atoms with van der Waals surface area (Å²) in [6.07, 6.45) is 1.37. The second kappa shape index (κ2) is 9.02. The molecular formula is C21H18Cl2F2N2O2S2. The predicted molar refractivity (Wildman–Crippen MR) is 120 cm³/mol. The van der Waals surface area contributed by atoms with E-state index in [1.807, 2.05) is 5.38 Å². The molecule has 0 bridgehead atoms. The lowest BCUT2D eigenvalue weighted by molar-refractivity contribution is 0.529. The zero-order valence-corrected chi connectivity index (χ0v) is 19.3. The molecule has 4 rings (SSSR count). The quantitative estimate of drug-likeness (QED) is 0.416. The van der Waals surface area contributed by atoms with E-state index in [2.05, 4.69) is 9.88 Å². The minimum absolute atomic E-state index is 0.0454. The van der Waals surface area contributed by atoms with Gasteiger partial charge in [-0.2, -0.15) is 0 Å². The van der Waals surface area contributed by atoms with Gasteiger partial charge in [0.25, 0.3) is 0 Å². The third kappa shape index (κ3) is 4.87. The highest BCUT2D eigenvalue weighted by Crippen LogP contribution is 2.31. The van der Waals surface area contributed by atoms with Gasteiger partial charge in [-0.1, -0.05) is 29.3 Å². The third-order valence-corrected chi connectivity index (χ3v) is 9.09. The van der Waals surface area contributed by atoms with Crippen LogP contribution in [0.4, 0.5) is 13.9 Å². The van der Waals surface area contributed by atoms with Crippen molar-refractivity contribution < 1.29 is 17.2 Å². The highest BCUT2D eigenvalue weighted by atomic mass is 35.5. The van der Waals surface area contributed by atoms with Gasteiger partial charge in [0.05, 0.1) is 25.9 Å². The Kier molecular flexibility index (Phi) is 6.53. The fourth-order valence-corrected chi connectivity index (χ4v) is 6.58. The van der Waals surface area contributed by atoms with Crippen molar-refractivity contribution in [3.05, 3.63) is 74.7 Å². The van der Waals surface area contributed by atoms with E-state index in [1.54, 1.807) is 6.07 Å². The van der Waals surface area contributed by atoms with Crippen LogP contribution in [0.25, 0.3) is 0 Å². The molecule has 0 N–H and O–H groups in total. The Morgan fingerprint density at radius 3 is 2.45 bits per heavy atom. The van der Waals surface area contributed by atoms with Gasteiger partial charge in [-0.05, 0) is 48.7 Å². The number of anilines is 1. The van der Waals surface area contributed by atoms with Crippen LogP contribution in [0.1, 0.15) is 24.1 Å². The number of sulfone groups is 1. The number of rotatable bonds is 5. The average molecular weight is 503 g/mol. The Bertz CT molecular complexity index is 1210. The molecule has 1 fully saturated rings. The maximum atomic E-state index is 13.6. The van der Waals surface area contributed by atoms with Gasteiger partial charge in [-0.15, -0.1) is 11.3 Å². The molecule has 1 aliphatic rings. The Balaban J connectivity index is 1.41. The number of benzene rings is 2. The number of nitrogens with zero attached hydrogens (tertiary/aromatic N) is 2. The van der Waals surface area contributed by atoms with E-state index >= 15 is 0 Å². The summed E-state index contributed by atoms with van der Waals surface area (Å²) in [6, 6.07) is 8.20. The van der Waals surface area contributed by atoms with E-state index in [0.717, 1.165) is 22.5 Å². The summed E-state index contributed by atoms with van der Waals surface area (Å²) in [6.45, 7) is 1.09. The van der Waals surface area contributed by atoms with Crippen LogP contribution in [0.2, 0.25) is 10.0 Å². The summed E-state index contributed by atoms with van der Waals surface area (Å²) in [7, 11) is -3.59. The van der Waals surface area contributed by atoms with Crippen molar-refractivity contribution in [2.24, 2.45) is 0 Å². The predicted octanol–water partition coefficient (Wildman–Crippen LogP) is 5.76. The molecule has 0 amide bonds. The third-order valence-electron chi connectivity index (χ3n) is 5.28. The lowest BCUT2D eigenvalue weighted by Crippen LogP contribution is -2.39. The SMILES string of the molecule is O=S(=O)(c1ccc(F)c(Cl)c1)C1CCN(c2nc(Cc3ccc(Cl)c(F)c3)cs2)CC1. The molecule has 2 aromatic carbocycles. The Morgan fingerprint density at radius 1 is 1.03 bits per heavy atom. The van der Waals surface area contributed by atoms with Gasteiger partial charge < -0.3 is 4.90 Å². The minimum Gasteiger partial charge on any atom is -0.348 e. The number of aromatic nitrogens is 1. The van der Waals surface area contributed by atoms with E-state index in [9.17, 15) is 17.2 Å². The Hall–Kier alpha value is -1.74. The first-order valence-corrected chi connectivity index (χ1v) is 12.7. The van der Waals surface area contributed by atoms with Crippen LogP contribution in [0.5, 0.6) is 0 Å². The molecule has 0 radical (unpaired) electrons. The van der Waals surface area contributed by atoms with E-state index in [1.165, 1.54) is 35.6 Å². The molecule has 3 aromatic rings. The zero-order chi connectivity index (χ0) is 22.2.